The van der Waals surface area contributed by atoms with Crippen LogP contribution in [0.2, 0.25) is 0 Å². The fourth-order valence-electron chi connectivity index (χ4n) is 3.48. The number of rotatable bonds is 3. The number of aromatic nitrogens is 7. The molecule has 0 unspecified atom stereocenters. The minimum atomic E-state index is -1.33. The molecule has 3 aromatic heterocycles. The molecule has 4 N–H and O–H groups in total. The molecule has 5 rings (SSSR count). The van der Waals surface area contributed by atoms with E-state index in [9.17, 15) is 0 Å². The third kappa shape index (κ3) is 4.08. The second-order valence-corrected chi connectivity index (χ2v) is 6.91. The lowest BCUT2D eigenvalue weighted by atomic mass is 10.2. The average Bonchev–Trinajstić information content (AvgIpc) is 3.39. The Balaban J connectivity index is 0.000000472. The van der Waals surface area contributed by atoms with E-state index in [1.54, 1.807) is 15.6 Å². The van der Waals surface area contributed by atoms with Crippen LogP contribution in [0.25, 0.3) is 27.8 Å². The van der Waals surface area contributed by atoms with Crippen molar-refractivity contribution in [3.05, 3.63) is 30.6 Å². The summed E-state index contributed by atoms with van der Waals surface area (Å²) in [4.78, 5) is 17.8. The van der Waals surface area contributed by atoms with Gasteiger partial charge in [0.1, 0.15) is 0 Å². The maximum Gasteiger partial charge on any atom is 0.402 e. The van der Waals surface area contributed by atoms with E-state index < -0.39 is 6.09 Å². The van der Waals surface area contributed by atoms with Gasteiger partial charge in [0, 0.05) is 24.7 Å². The topological polar surface area (TPSA) is 150 Å². The molecular formula is C18H21N9O2. The summed E-state index contributed by atoms with van der Waals surface area (Å²) in [7, 11) is 1.92. The number of carbonyl (C=O) groups is 1. The van der Waals surface area contributed by atoms with E-state index in [-0.39, 0.29) is 0 Å². The first kappa shape index (κ1) is 18.6. The van der Waals surface area contributed by atoms with Crippen molar-refractivity contribution >= 4 is 34.1 Å². The molecule has 1 amide bonds. The van der Waals surface area contributed by atoms with Crippen LogP contribution >= 0.6 is 0 Å². The molecule has 1 aliphatic carbocycles. The molecule has 0 saturated heterocycles. The van der Waals surface area contributed by atoms with Crippen LogP contribution in [-0.2, 0) is 7.05 Å². The van der Waals surface area contributed by atoms with E-state index in [2.05, 4.69) is 36.4 Å². The molecule has 0 bridgehead atoms. The number of carboxylic acid groups (broad SMARTS) is 1. The Morgan fingerprint density at radius 2 is 2.03 bits per heavy atom. The number of anilines is 1. The molecule has 1 saturated carbocycles. The zero-order chi connectivity index (χ0) is 20.4. The van der Waals surface area contributed by atoms with Gasteiger partial charge in [-0.15, -0.1) is 5.10 Å². The van der Waals surface area contributed by atoms with Gasteiger partial charge >= 0.3 is 6.09 Å². The maximum atomic E-state index is 8.78. The highest BCUT2D eigenvalue weighted by Gasteiger charge is 2.17. The summed E-state index contributed by atoms with van der Waals surface area (Å²) in [5.41, 5.74) is 7.21. The molecule has 1 aliphatic rings. The first-order valence-electron chi connectivity index (χ1n) is 9.27. The number of hydrogen-bond acceptors (Lipinski definition) is 7. The normalized spacial score (nSPS) is 14.1. The number of nitrogens with one attached hydrogen (secondary N) is 1. The number of benzene rings is 1. The van der Waals surface area contributed by atoms with Crippen molar-refractivity contribution in [2.24, 2.45) is 12.8 Å². The summed E-state index contributed by atoms with van der Waals surface area (Å²) in [6, 6.07) is 6.50. The first-order chi connectivity index (χ1) is 14.0. The zero-order valence-corrected chi connectivity index (χ0v) is 15.9. The highest BCUT2D eigenvalue weighted by molar-refractivity contribution is 5.81. The summed E-state index contributed by atoms with van der Waals surface area (Å²) in [5, 5.41) is 24.6. The fourth-order valence-corrected chi connectivity index (χ4v) is 3.48. The Morgan fingerprint density at radius 3 is 2.79 bits per heavy atom. The Bertz CT molecular complexity index is 1160. The largest absolute Gasteiger partial charge is 0.465 e. The van der Waals surface area contributed by atoms with Crippen molar-refractivity contribution in [3.8, 4) is 5.69 Å². The average molecular weight is 395 g/mol. The summed E-state index contributed by atoms with van der Waals surface area (Å²) >= 11 is 0. The summed E-state index contributed by atoms with van der Waals surface area (Å²) in [6.07, 6.45) is 7.27. The molecule has 0 spiro atoms. The smallest absolute Gasteiger partial charge is 0.402 e. The molecule has 3 heterocycles. The van der Waals surface area contributed by atoms with E-state index >= 15 is 0 Å². The third-order valence-corrected chi connectivity index (χ3v) is 4.73. The summed E-state index contributed by atoms with van der Waals surface area (Å²) in [6.45, 7) is 0. The molecule has 11 heteroatoms. The van der Waals surface area contributed by atoms with Crippen LogP contribution in [0.1, 0.15) is 25.7 Å². The van der Waals surface area contributed by atoms with Crippen molar-refractivity contribution < 1.29 is 9.90 Å². The Hall–Kier alpha value is -3.76. The third-order valence-electron chi connectivity index (χ3n) is 4.73. The van der Waals surface area contributed by atoms with Crippen LogP contribution in [0.15, 0.2) is 30.6 Å². The molecule has 1 fully saturated rings. The molecule has 150 valence electrons. The standard InChI is InChI=1S/C17H18N8.CH3NO2/c1-24-10-11-6-7-13(8-14(11)22-24)25-16-15(21-23-25)9-18-17(20-16)19-12-4-2-3-5-12;2-1(3)4/h6-10,12H,2-5H2,1H3,(H,18,19,20);2H2,(H,3,4). The van der Waals surface area contributed by atoms with Gasteiger partial charge in [-0.3, -0.25) is 4.68 Å². The van der Waals surface area contributed by atoms with E-state index in [4.69, 9.17) is 9.90 Å². The van der Waals surface area contributed by atoms with Gasteiger partial charge in [0.2, 0.25) is 5.95 Å². The Kier molecular flexibility index (Phi) is 4.94. The summed E-state index contributed by atoms with van der Waals surface area (Å²) < 4.78 is 3.55. The monoisotopic (exact) mass is 395 g/mol. The number of fused-ring (bicyclic) bond motifs is 2. The zero-order valence-electron chi connectivity index (χ0n) is 15.9. The van der Waals surface area contributed by atoms with E-state index in [1.807, 2.05) is 31.4 Å². The second-order valence-electron chi connectivity index (χ2n) is 6.91. The first-order valence-corrected chi connectivity index (χ1v) is 9.27. The van der Waals surface area contributed by atoms with Crippen LogP contribution in [0.4, 0.5) is 10.7 Å². The fraction of sp³-hybridized carbons (Fsp3) is 0.333. The van der Waals surface area contributed by atoms with Crippen molar-refractivity contribution in [3.63, 3.8) is 0 Å². The summed E-state index contributed by atoms with van der Waals surface area (Å²) in [5.74, 6) is 0.641. The molecule has 4 aromatic rings. The van der Waals surface area contributed by atoms with E-state index in [0.29, 0.717) is 23.2 Å². The quantitative estimate of drug-likeness (QED) is 0.477. The molecule has 0 atom stereocenters. The molecule has 29 heavy (non-hydrogen) atoms. The number of nitrogens with zero attached hydrogens (tertiary/aromatic N) is 7. The highest BCUT2D eigenvalue weighted by Crippen LogP contribution is 2.23. The van der Waals surface area contributed by atoms with Crippen LogP contribution in [0, 0.1) is 0 Å². The van der Waals surface area contributed by atoms with Gasteiger partial charge in [-0.2, -0.15) is 14.8 Å². The van der Waals surface area contributed by atoms with Crippen LogP contribution in [0.3, 0.4) is 0 Å². The lowest BCUT2D eigenvalue weighted by Crippen LogP contribution is -2.16. The maximum absolute atomic E-state index is 8.78. The van der Waals surface area contributed by atoms with E-state index in [1.165, 1.54) is 25.7 Å². The minimum Gasteiger partial charge on any atom is -0.465 e. The number of nitrogens with two attached hydrogens (primary N) is 1. The van der Waals surface area contributed by atoms with Crippen LogP contribution in [-0.4, -0.2) is 52.0 Å². The number of primary amides is 1. The van der Waals surface area contributed by atoms with Crippen LogP contribution < -0.4 is 11.1 Å². The van der Waals surface area contributed by atoms with Gasteiger partial charge in [0.05, 0.1) is 17.4 Å². The van der Waals surface area contributed by atoms with Gasteiger partial charge in [-0.05, 0) is 31.0 Å². The van der Waals surface area contributed by atoms with Gasteiger partial charge in [-0.1, -0.05) is 18.1 Å². The molecule has 11 nitrogen and oxygen atoms in total. The van der Waals surface area contributed by atoms with Crippen molar-refractivity contribution in [1.29, 1.82) is 0 Å². The van der Waals surface area contributed by atoms with Gasteiger partial charge < -0.3 is 16.2 Å². The molecule has 0 aliphatic heterocycles. The Labute approximate surface area is 165 Å². The lowest BCUT2D eigenvalue weighted by Gasteiger charge is -2.11. The van der Waals surface area contributed by atoms with Gasteiger partial charge in [0.15, 0.2) is 11.2 Å². The molecule has 0 radical (unpaired) electrons. The lowest BCUT2D eigenvalue weighted by molar-refractivity contribution is 0.205. The predicted molar refractivity (Wildman–Crippen MR) is 107 cm³/mol. The molecule has 1 aromatic carbocycles. The van der Waals surface area contributed by atoms with Crippen LogP contribution in [0.5, 0.6) is 0 Å². The van der Waals surface area contributed by atoms with Gasteiger partial charge in [-0.25, -0.2) is 9.78 Å². The SMILES string of the molecule is Cn1cc2ccc(-n3nnc4cnc(NC5CCCC5)nc43)cc2n1.NC(=O)O. The predicted octanol–water partition coefficient (Wildman–Crippen LogP) is 2.07. The van der Waals surface area contributed by atoms with Crippen molar-refractivity contribution in [1.82, 2.24) is 34.7 Å². The number of amides is 1. The number of hydrogen-bond donors (Lipinski definition) is 3. The Morgan fingerprint density at radius 1 is 1.28 bits per heavy atom. The molecular weight excluding hydrogens is 374 g/mol. The van der Waals surface area contributed by atoms with E-state index in [0.717, 1.165) is 16.6 Å². The van der Waals surface area contributed by atoms with Gasteiger partial charge in [0.25, 0.3) is 0 Å². The van der Waals surface area contributed by atoms with Crippen molar-refractivity contribution in [2.45, 2.75) is 31.7 Å². The second kappa shape index (κ2) is 7.70. The number of aryl methyl sites for hydroxylation is 1. The van der Waals surface area contributed by atoms with Crippen molar-refractivity contribution in [2.75, 3.05) is 5.32 Å². The minimum absolute atomic E-state index is 0.464. The highest BCUT2D eigenvalue weighted by atomic mass is 16.4.